The van der Waals surface area contributed by atoms with E-state index in [9.17, 15) is 10.4 Å². The molecule has 2 aliphatic heterocycles. The van der Waals surface area contributed by atoms with E-state index in [1.807, 2.05) is 6.07 Å². The number of nitrogens with one attached hydrogen (secondary N) is 1. The number of phenols is 1. The molecule has 124 valence electrons. The molecule has 6 heteroatoms. The molecule has 23 heavy (non-hydrogen) atoms. The van der Waals surface area contributed by atoms with Crippen LogP contribution >= 0.6 is 15.9 Å². The summed E-state index contributed by atoms with van der Waals surface area (Å²) in [5.74, 6) is 0.551. The maximum atomic E-state index is 10.7. The Labute approximate surface area is 145 Å². The van der Waals surface area contributed by atoms with Gasteiger partial charge in [-0.15, -0.1) is 0 Å². The van der Waals surface area contributed by atoms with Gasteiger partial charge in [0.15, 0.2) is 0 Å². The van der Waals surface area contributed by atoms with Gasteiger partial charge >= 0.3 is 0 Å². The number of piperazine rings is 1. The van der Waals surface area contributed by atoms with Crippen LogP contribution in [0.25, 0.3) is 0 Å². The molecule has 2 heterocycles. The van der Waals surface area contributed by atoms with Crippen LogP contribution in [0.1, 0.15) is 30.0 Å². The number of aromatic hydroxyl groups is 1. The average molecular weight is 380 g/mol. The van der Waals surface area contributed by atoms with Crippen molar-refractivity contribution in [3.63, 3.8) is 0 Å². The first-order valence-electron chi connectivity index (χ1n) is 8.16. The first kappa shape index (κ1) is 16.7. The van der Waals surface area contributed by atoms with Gasteiger partial charge in [-0.05, 0) is 30.9 Å². The molecule has 2 saturated heterocycles. The van der Waals surface area contributed by atoms with E-state index in [4.69, 9.17) is 4.74 Å². The smallest absolute Gasteiger partial charge is 0.139 e. The largest absolute Gasteiger partial charge is 0.506 e. The molecule has 0 unspecified atom stereocenters. The van der Waals surface area contributed by atoms with Crippen molar-refractivity contribution < 1.29 is 9.84 Å². The van der Waals surface area contributed by atoms with Crippen LogP contribution in [-0.2, 0) is 4.74 Å². The molecule has 0 aromatic heterocycles. The minimum atomic E-state index is 0.115. The van der Waals surface area contributed by atoms with Gasteiger partial charge in [-0.3, -0.25) is 4.90 Å². The van der Waals surface area contributed by atoms with Crippen LogP contribution in [0.2, 0.25) is 0 Å². The summed E-state index contributed by atoms with van der Waals surface area (Å²) in [6.07, 6.45) is 1.97. The molecule has 0 bridgehead atoms. The van der Waals surface area contributed by atoms with Gasteiger partial charge in [-0.25, -0.2) is 0 Å². The Morgan fingerprint density at radius 3 is 2.65 bits per heavy atom. The van der Waals surface area contributed by atoms with Gasteiger partial charge in [-0.2, -0.15) is 5.26 Å². The summed E-state index contributed by atoms with van der Waals surface area (Å²) in [6.45, 7) is 5.34. The Morgan fingerprint density at radius 2 is 2.00 bits per heavy atom. The Hall–Kier alpha value is -1.13. The fourth-order valence-electron chi connectivity index (χ4n) is 3.66. The number of nitrogens with zero attached hydrogens (tertiary/aromatic N) is 2. The van der Waals surface area contributed by atoms with Gasteiger partial charge in [-0.1, -0.05) is 15.9 Å². The van der Waals surface area contributed by atoms with Gasteiger partial charge in [0.2, 0.25) is 0 Å². The average Bonchev–Trinajstić information content (AvgIpc) is 2.60. The predicted octanol–water partition coefficient (Wildman–Crippen LogP) is 2.40. The number of nitriles is 1. The van der Waals surface area contributed by atoms with Crippen LogP contribution in [-0.4, -0.2) is 49.4 Å². The lowest BCUT2D eigenvalue weighted by Gasteiger charge is -2.41. The molecule has 1 aromatic carbocycles. The predicted molar refractivity (Wildman–Crippen MR) is 91.2 cm³/mol. The van der Waals surface area contributed by atoms with E-state index in [0.29, 0.717) is 11.5 Å². The topological polar surface area (TPSA) is 68.5 Å². The molecular formula is C17H22BrN3O2. The summed E-state index contributed by atoms with van der Waals surface area (Å²) in [4.78, 5) is 2.44. The van der Waals surface area contributed by atoms with Crippen LogP contribution in [0, 0.1) is 17.2 Å². The zero-order valence-corrected chi connectivity index (χ0v) is 14.7. The number of halogens is 1. The Morgan fingerprint density at radius 1 is 1.30 bits per heavy atom. The molecule has 0 amide bonds. The quantitative estimate of drug-likeness (QED) is 0.843. The fourth-order valence-corrected chi connectivity index (χ4v) is 4.22. The van der Waals surface area contributed by atoms with Crippen molar-refractivity contribution in [1.82, 2.24) is 10.2 Å². The monoisotopic (exact) mass is 379 g/mol. The number of phenolic OH excluding ortho intramolecular Hbond substituents is 1. The van der Waals surface area contributed by atoms with E-state index < -0.39 is 0 Å². The first-order valence-corrected chi connectivity index (χ1v) is 8.95. The number of ether oxygens (including phenoxy) is 1. The second-order valence-electron chi connectivity index (χ2n) is 6.15. The molecule has 1 aromatic rings. The zero-order chi connectivity index (χ0) is 16.2. The highest BCUT2D eigenvalue weighted by atomic mass is 79.9. The lowest BCUT2D eigenvalue weighted by atomic mass is 9.84. The molecule has 2 aliphatic rings. The van der Waals surface area contributed by atoms with Gasteiger partial charge in [0.1, 0.15) is 11.8 Å². The van der Waals surface area contributed by atoms with E-state index in [2.05, 4.69) is 32.2 Å². The second kappa shape index (κ2) is 7.63. The van der Waals surface area contributed by atoms with Gasteiger partial charge in [0, 0.05) is 55.5 Å². The van der Waals surface area contributed by atoms with E-state index in [1.54, 1.807) is 6.07 Å². The van der Waals surface area contributed by atoms with Gasteiger partial charge < -0.3 is 15.2 Å². The first-order chi connectivity index (χ1) is 11.2. The number of rotatable bonds is 3. The molecule has 0 spiro atoms. The number of benzene rings is 1. The Kier molecular flexibility index (Phi) is 5.54. The summed E-state index contributed by atoms with van der Waals surface area (Å²) in [5, 5.41) is 23.3. The lowest BCUT2D eigenvalue weighted by Crippen LogP contribution is -2.47. The van der Waals surface area contributed by atoms with Crippen LogP contribution in [0.4, 0.5) is 0 Å². The van der Waals surface area contributed by atoms with Crippen molar-refractivity contribution in [2.45, 2.75) is 18.9 Å². The highest BCUT2D eigenvalue weighted by Crippen LogP contribution is 2.43. The molecule has 0 radical (unpaired) electrons. The third-order valence-electron chi connectivity index (χ3n) is 4.84. The van der Waals surface area contributed by atoms with Crippen molar-refractivity contribution in [3.05, 3.63) is 27.7 Å². The van der Waals surface area contributed by atoms with Crippen LogP contribution in [0.5, 0.6) is 5.75 Å². The highest BCUT2D eigenvalue weighted by molar-refractivity contribution is 9.10. The van der Waals surface area contributed by atoms with Crippen molar-refractivity contribution in [3.8, 4) is 11.8 Å². The molecule has 2 fully saturated rings. The van der Waals surface area contributed by atoms with Crippen molar-refractivity contribution in [2.75, 3.05) is 39.4 Å². The van der Waals surface area contributed by atoms with Crippen LogP contribution in [0.3, 0.4) is 0 Å². The molecular weight excluding hydrogens is 358 g/mol. The van der Waals surface area contributed by atoms with Crippen LogP contribution < -0.4 is 5.32 Å². The normalized spacial score (nSPS) is 21.7. The maximum absolute atomic E-state index is 10.7. The van der Waals surface area contributed by atoms with Gasteiger partial charge in [0.05, 0.1) is 5.56 Å². The third kappa shape index (κ3) is 3.53. The summed E-state index contributed by atoms with van der Waals surface area (Å²) >= 11 is 3.60. The van der Waals surface area contributed by atoms with Crippen LogP contribution in [0.15, 0.2) is 16.6 Å². The maximum Gasteiger partial charge on any atom is 0.139 e. The molecule has 5 nitrogen and oxygen atoms in total. The third-order valence-corrected chi connectivity index (χ3v) is 5.53. The molecule has 1 atom stereocenters. The summed E-state index contributed by atoms with van der Waals surface area (Å²) in [5.41, 5.74) is 1.20. The van der Waals surface area contributed by atoms with Gasteiger partial charge in [0.25, 0.3) is 0 Å². The standard InChI is InChI=1S/C17H22BrN3O2/c18-14-2-1-13(11-19)17(22)15(14)16(12-3-9-23-10-4-12)21-7-5-20-6-8-21/h1-2,12,16,20,22H,3-10H2/t16-/m1/s1. The fraction of sp³-hybridized carbons (Fsp3) is 0.588. The SMILES string of the molecule is N#Cc1ccc(Br)c([C@@H](C2CCOCC2)N2CCNCC2)c1O. The lowest BCUT2D eigenvalue weighted by molar-refractivity contribution is 0.0204. The molecule has 3 rings (SSSR count). The van der Waals surface area contributed by atoms with E-state index in [0.717, 1.165) is 62.3 Å². The van der Waals surface area contributed by atoms with E-state index in [1.165, 1.54) is 0 Å². The Bertz CT molecular complexity index is 572. The number of hydrogen-bond acceptors (Lipinski definition) is 5. The van der Waals surface area contributed by atoms with Crippen molar-refractivity contribution >= 4 is 15.9 Å². The summed E-state index contributed by atoms with van der Waals surface area (Å²) < 4.78 is 6.40. The second-order valence-corrected chi connectivity index (χ2v) is 7.00. The minimum absolute atomic E-state index is 0.115. The van der Waals surface area contributed by atoms with E-state index >= 15 is 0 Å². The van der Waals surface area contributed by atoms with E-state index in [-0.39, 0.29) is 11.8 Å². The highest BCUT2D eigenvalue weighted by Gasteiger charge is 2.34. The van der Waals surface area contributed by atoms with Crippen molar-refractivity contribution in [1.29, 1.82) is 5.26 Å². The molecule has 2 N–H and O–H groups in total. The zero-order valence-electron chi connectivity index (χ0n) is 13.1. The summed E-state index contributed by atoms with van der Waals surface area (Å²) in [7, 11) is 0. The summed E-state index contributed by atoms with van der Waals surface area (Å²) in [6, 6.07) is 5.76. The molecule has 0 saturated carbocycles. The minimum Gasteiger partial charge on any atom is -0.506 e. The Balaban J connectivity index is 2.02. The molecule has 0 aliphatic carbocycles. The number of hydrogen-bond donors (Lipinski definition) is 2. The van der Waals surface area contributed by atoms with Crippen molar-refractivity contribution in [2.24, 2.45) is 5.92 Å².